The van der Waals surface area contributed by atoms with Crippen LogP contribution in [0.3, 0.4) is 0 Å². The van der Waals surface area contributed by atoms with E-state index in [9.17, 15) is 5.11 Å². The van der Waals surface area contributed by atoms with E-state index in [1.807, 2.05) is 6.07 Å². The molecule has 1 aliphatic rings. The quantitative estimate of drug-likeness (QED) is 0.779. The van der Waals surface area contributed by atoms with Gasteiger partial charge in [0.1, 0.15) is 0 Å². The van der Waals surface area contributed by atoms with Crippen molar-refractivity contribution in [3.63, 3.8) is 0 Å². The van der Waals surface area contributed by atoms with Gasteiger partial charge in [-0.2, -0.15) is 0 Å². The summed E-state index contributed by atoms with van der Waals surface area (Å²) in [6.07, 6.45) is -0.368. The van der Waals surface area contributed by atoms with Gasteiger partial charge in [-0.1, -0.05) is 39.8 Å². The largest absolute Gasteiger partial charge is 0.388 e. The number of halogens is 1. The smallest absolute Gasteiger partial charge is 0.0842 e. The molecule has 102 valence electrons. The first-order valence-electron chi connectivity index (χ1n) is 6.62. The molecule has 1 nitrogen and oxygen atoms in total. The molecule has 1 unspecified atom stereocenters. The number of rotatable bonds is 2. The summed E-state index contributed by atoms with van der Waals surface area (Å²) in [6, 6.07) is 6.20. The second kappa shape index (κ2) is 4.06. The first kappa shape index (κ1) is 13.6. The minimum Gasteiger partial charge on any atom is -0.388 e. The fraction of sp³-hybridized carbons (Fsp3) is 0.500. The van der Waals surface area contributed by atoms with Crippen molar-refractivity contribution in [3.8, 4) is 0 Å². The molecule has 1 aromatic carbocycles. The molecular weight excluding hydrogens is 320 g/mol. The van der Waals surface area contributed by atoms with Gasteiger partial charge in [-0.25, -0.2) is 0 Å². The Bertz CT molecular complexity index is 627. The Morgan fingerprint density at radius 2 is 1.84 bits per heavy atom. The van der Waals surface area contributed by atoms with Crippen molar-refractivity contribution < 1.29 is 5.11 Å². The zero-order valence-electron chi connectivity index (χ0n) is 11.7. The van der Waals surface area contributed by atoms with E-state index in [2.05, 4.69) is 61.1 Å². The third-order valence-corrected chi connectivity index (χ3v) is 7.32. The number of fused-ring (bicyclic) bond motifs is 1. The highest BCUT2D eigenvalue weighted by Crippen LogP contribution is 2.72. The summed E-state index contributed by atoms with van der Waals surface area (Å²) in [5.74, 6) is 0.330. The Balaban J connectivity index is 2.05. The topological polar surface area (TPSA) is 20.2 Å². The Hall–Kier alpha value is -0.380. The molecule has 1 saturated carbocycles. The number of aliphatic hydroxyl groups excluding tert-OH is 1. The fourth-order valence-electron chi connectivity index (χ4n) is 3.49. The fourth-order valence-corrected chi connectivity index (χ4v) is 5.14. The van der Waals surface area contributed by atoms with E-state index in [0.29, 0.717) is 5.92 Å². The SMILES string of the molecule is CC1(C)C(C(O)c2csc3c(Br)cccc23)C1(C)C. The zero-order chi connectivity index (χ0) is 14.0. The number of hydrogen-bond acceptors (Lipinski definition) is 2. The lowest BCUT2D eigenvalue weighted by Crippen LogP contribution is -2.04. The van der Waals surface area contributed by atoms with Gasteiger partial charge in [-0.05, 0) is 49.2 Å². The highest BCUT2D eigenvalue weighted by atomic mass is 79.9. The summed E-state index contributed by atoms with van der Waals surface area (Å²) < 4.78 is 2.34. The van der Waals surface area contributed by atoms with Gasteiger partial charge in [0.05, 0.1) is 6.10 Å². The van der Waals surface area contributed by atoms with Gasteiger partial charge < -0.3 is 5.11 Å². The van der Waals surface area contributed by atoms with Crippen molar-refractivity contribution in [2.24, 2.45) is 16.7 Å². The van der Waals surface area contributed by atoms with Crippen molar-refractivity contribution >= 4 is 37.4 Å². The Morgan fingerprint density at radius 1 is 1.21 bits per heavy atom. The molecule has 1 aliphatic carbocycles. The summed E-state index contributed by atoms with van der Waals surface area (Å²) in [5.41, 5.74) is 1.49. The third-order valence-electron chi connectivity index (χ3n) is 5.35. The monoisotopic (exact) mass is 338 g/mol. The first-order chi connectivity index (χ1) is 8.78. The van der Waals surface area contributed by atoms with Gasteiger partial charge in [-0.15, -0.1) is 11.3 Å². The molecule has 3 heteroatoms. The van der Waals surface area contributed by atoms with Crippen LogP contribution in [0, 0.1) is 16.7 Å². The maximum atomic E-state index is 10.8. The molecule has 2 aromatic rings. The van der Waals surface area contributed by atoms with E-state index in [0.717, 1.165) is 10.0 Å². The second-order valence-electron chi connectivity index (χ2n) is 6.67. The van der Waals surface area contributed by atoms with E-state index in [1.165, 1.54) is 10.1 Å². The lowest BCUT2D eigenvalue weighted by Gasteiger charge is -2.12. The average Bonchev–Trinajstić information content (AvgIpc) is 2.66. The standard InChI is InChI=1S/C16H19BrOS/c1-15(2)14(16(15,3)4)12(18)10-8-19-13-9(10)6-5-7-11(13)17/h5-8,12,14,18H,1-4H3. The van der Waals surface area contributed by atoms with Gasteiger partial charge in [0.25, 0.3) is 0 Å². The van der Waals surface area contributed by atoms with E-state index in [1.54, 1.807) is 11.3 Å². The summed E-state index contributed by atoms with van der Waals surface area (Å²) >= 11 is 5.29. The summed E-state index contributed by atoms with van der Waals surface area (Å²) in [4.78, 5) is 0. The maximum Gasteiger partial charge on any atom is 0.0842 e. The predicted molar refractivity (Wildman–Crippen MR) is 85.5 cm³/mol. The number of hydrogen-bond donors (Lipinski definition) is 1. The molecule has 0 amide bonds. The third kappa shape index (κ3) is 1.75. The number of benzene rings is 1. The van der Waals surface area contributed by atoms with Gasteiger partial charge >= 0.3 is 0 Å². The van der Waals surface area contributed by atoms with Crippen LogP contribution in [-0.2, 0) is 0 Å². The normalized spacial score (nSPS) is 22.6. The van der Waals surface area contributed by atoms with Crippen molar-refractivity contribution in [1.29, 1.82) is 0 Å². The van der Waals surface area contributed by atoms with Crippen LogP contribution in [-0.4, -0.2) is 5.11 Å². The number of aliphatic hydroxyl groups is 1. The van der Waals surface area contributed by atoms with E-state index in [-0.39, 0.29) is 16.9 Å². The van der Waals surface area contributed by atoms with Gasteiger partial charge in [-0.3, -0.25) is 0 Å². The highest BCUT2D eigenvalue weighted by Gasteiger charge is 2.67. The Kier molecular flexibility index (Phi) is 2.91. The average molecular weight is 339 g/mol. The molecule has 1 N–H and O–H groups in total. The number of thiophene rings is 1. The summed E-state index contributed by atoms with van der Waals surface area (Å²) in [5, 5.41) is 14.1. The van der Waals surface area contributed by atoms with Crippen LogP contribution in [0.4, 0.5) is 0 Å². The van der Waals surface area contributed by atoms with Gasteiger partial charge in [0.2, 0.25) is 0 Å². The van der Waals surface area contributed by atoms with Crippen LogP contribution in [0.2, 0.25) is 0 Å². The minimum absolute atomic E-state index is 0.201. The first-order valence-corrected chi connectivity index (χ1v) is 8.29. The summed E-state index contributed by atoms with van der Waals surface area (Å²) in [7, 11) is 0. The molecule has 1 atom stereocenters. The van der Waals surface area contributed by atoms with Crippen LogP contribution in [0.25, 0.3) is 10.1 Å². The lowest BCUT2D eigenvalue weighted by molar-refractivity contribution is 0.132. The zero-order valence-corrected chi connectivity index (χ0v) is 14.1. The minimum atomic E-state index is -0.368. The Labute approximate surface area is 126 Å². The molecule has 0 spiro atoms. The highest BCUT2D eigenvalue weighted by molar-refractivity contribution is 9.10. The predicted octanol–water partition coefficient (Wildman–Crippen LogP) is 5.38. The van der Waals surface area contributed by atoms with Crippen LogP contribution in [0.1, 0.15) is 39.4 Å². The van der Waals surface area contributed by atoms with Crippen LogP contribution in [0.5, 0.6) is 0 Å². The summed E-state index contributed by atoms with van der Waals surface area (Å²) in [6.45, 7) is 9.02. The molecule has 1 heterocycles. The van der Waals surface area contributed by atoms with Crippen LogP contribution < -0.4 is 0 Å². The van der Waals surface area contributed by atoms with E-state index >= 15 is 0 Å². The molecule has 1 aromatic heterocycles. The van der Waals surface area contributed by atoms with E-state index in [4.69, 9.17) is 0 Å². The molecular formula is C16H19BrOS. The van der Waals surface area contributed by atoms with Crippen molar-refractivity contribution in [2.45, 2.75) is 33.8 Å². The molecule has 1 fully saturated rings. The Morgan fingerprint density at radius 3 is 2.42 bits per heavy atom. The molecule has 0 radical (unpaired) electrons. The van der Waals surface area contributed by atoms with Crippen LogP contribution in [0.15, 0.2) is 28.1 Å². The van der Waals surface area contributed by atoms with Gasteiger partial charge in [0, 0.05) is 15.1 Å². The molecule has 3 rings (SSSR count). The van der Waals surface area contributed by atoms with E-state index < -0.39 is 0 Å². The molecule has 0 aliphatic heterocycles. The lowest BCUT2D eigenvalue weighted by atomic mass is 9.99. The van der Waals surface area contributed by atoms with Crippen molar-refractivity contribution in [2.75, 3.05) is 0 Å². The van der Waals surface area contributed by atoms with Gasteiger partial charge in [0.15, 0.2) is 0 Å². The maximum absolute atomic E-state index is 10.8. The molecule has 0 saturated heterocycles. The van der Waals surface area contributed by atoms with Crippen LogP contribution >= 0.6 is 27.3 Å². The molecule has 19 heavy (non-hydrogen) atoms. The van der Waals surface area contributed by atoms with Crippen molar-refractivity contribution in [1.82, 2.24) is 0 Å². The molecule has 0 bridgehead atoms. The second-order valence-corrected chi connectivity index (χ2v) is 8.41. The van der Waals surface area contributed by atoms with Crippen molar-refractivity contribution in [3.05, 3.63) is 33.6 Å².